The lowest BCUT2D eigenvalue weighted by atomic mass is 10.0. The summed E-state index contributed by atoms with van der Waals surface area (Å²) >= 11 is 12.6. The maximum Gasteiger partial charge on any atom is 0.293 e. The van der Waals surface area contributed by atoms with Crippen molar-refractivity contribution in [2.45, 2.75) is 74.8 Å². The number of rotatable bonds is 14. The van der Waals surface area contributed by atoms with Gasteiger partial charge in [0.1, 0.15) is 41.9 Å². The van der Waals surface area contributed by atoms with Crippen molar-refractivity contribution in [2.24, 2.45) is 5.92 Å². The minimum Gasteiger partial charge on any atom is -0.344 e. The lowest BCUT2D eigenvalue weighted by Gasteiger charge is -2.24. The zero-order valence-electron chi connectivity index (χ0n) is 31.9. The quantitative estimate of drug-likeness (QED) is 0.105. The van der Waals surface area contributed by atoms with Crippen molar-refractivity contribution in [3.05, 3.63) is 115 Å². The summed E-state index contributed by atoms with van der Waals surface area (Å²) in [4.78, 5) is 37.5. The highest BCUT2D eigenvalue weighted by Gasteiger charge is 2.67. The van der Waals surface area contributed by atoms with Crippen LogP contribution in [0.3, 0.4) is 0 Å². The second-order valence-corrected chi connectivity index (χ2v) is 18.2. The highest BCUT2D eigenvalue weighted by molar-refractivity contribution is 7.93. The number of benzene rings is 2. The lowest BCUT2D eigenvalue weighted by Crippen LogP contribution is -2.38. The topological polar surface area (TPSA) is 159 Å². The molecule has 3 aliphatic rings. The van der Waals surface area contributed by atoms with Gasteiger partial charge in [-0.15, -0.1) is 0 Å². The summed E-state index contributed by atoms with van der Waals surface area (Å²) in [6, 6.07) is 6.87. The first-order chi connectivity index (χ1) is 29.8. The number of halogens is 10. The molecule has 0 aliphatic heterocycles. The van der Waals surface area contributed by atoms with Gasteiger partial charge in [0.2, 0.25) is 15.9 Å². The molecule has 3 aliphatic carbocycles. The number of fused-ring (bicyclic) bond motifs is 4. The molecule has 330 valence electrons. The Labute approximate surface area is 360 Å². The van der Waals surface area contributed by atoms with Crippen LogP contribution in [-0.2, 0) is 40.3 Å². The Morgan fingerprint density at radius 1 is 0.952 bits per heavy atom. The average Bonchev–Trinajstić information content (AvgIpc) is 4.12. The predicted octanol–water partition coefficient (Wildman–Crippen LogP) is 7.84. The summed E-state index contributed by atoms with van der Waals surface area (Å²) in [6.45, 7) is -2.22. The number of pyridine rings is 1. The summed E-state index contributed by atoms with van der Waals surface area (Å²) in [5.74, 6) is -9.91. The molecule has 0 radical (unpaired) electrons. The molecule has 2 aromatic carbocycles. The summed E-state index contributed by atoms with van der Waals surface area (Å²) in [7, 11) is -4.08. The molecule has 6 aromatic rings. The Kier molecular flexibility index (Phi) is 10.6. The van der Waals surface area contributed by atoms with E-state index in [4.69, 9.17) is 23.2 Å². The van der Waals surface area contributed by atoms with Crippen molar-refractivity contribution in [1.82, 2.24) is 39.4 Å². The number of hydrogen-bond acceptors (Lipinski definition) is 8. The van der Waals surface area contributed by atoms with Crippen LogP contribution < -0.4 is 15.6 Å². The fraction of sp³-hybridized carbons (Fsp3) is 0.333. The third-order valence-electron chi connectivity index (χ3n) is 11.0. The van der Waals surface area contributed by atoms with Crippen LogP contribution in [0.4, 0.5) is 40.9 Å². The molecule has 2 saturated carbocycles. The molecule has 2 fully saturated rings. The number of carbonyl (C=O) groups is 1. The van der Waals surface area contributed by atoms with E-state index in [1.165, 1.54) is 30.5 Å². The van der Waals surface area contributed by atoms with Gasteiger partial charge in [-0.25, -0.2) is 39.7 Å². The summed E-state index contributed by atoms with van der Waals surface area (Å²) in [5.41, 5.74) is -3.94. The van der Waals surface area contributed by atoms with E-state index in [2.05, 4.69) is 30.2 Å². The summed E-state index contributed by atoms with van der Waals surface area (Å²) in [6.07, 6.45) is -5.11. The highest BCUT2D eigenvalue weighted by Crippen LogP contribution is 2.68. The van der Waals surface area contributed by atoms with E-state index in [0.29, 0.717) is 23.6 Å². The minimum absolute atomic E-state index is 0.0416. The number of hydrogen-bond donors (Lipinski definition) is 2. The third kappa shape index (κ3) is 7.89. The number of nitrogens with one attached hydrogen (secondary N) is 2. The second-order valence-electron chi connectivity index (χ2n) is 15.4. The minimum atomic E-state index is -4.08. The Morgan fingerprint density at radius 2 is 1.68 bits per heavy atom. The lowest BCUT2D eigenvalue weighted by molar-refractivity contribution is -0.123. The highest BCUT2D eigenvalue weighted by atomic mass is 35.5. The smallest absolute Gasteiger partial charge is 0.293 e. The van der Waals surface area contributed by atoms with E-state index >= 15 is 8.78 Å². The number of anilines is 1. The number of aromatic nitrogens is 7. The van der Waals surface area contributed by atoms with Crippen LogP contribution in [0.15, 0.2) is 59.5 Å². The van der Waals surface area contributed by atoms with Crippen LogP contribution in [-0.4, -0.2) is 60.1 Å². The van der Waals surface area contributed by atoms with E-state index in [1.54, 1.807) is 0 Å². The molecule has 4 heterocycles. The molecule has 2 N–H and O–H groups in total. The van der Waals surface area contributed by atoms with E-state index in [0.717, 1.165) is 27.4 Å². The zero-order chi connectivity index (χ0) is 44.9. The van der Waals surface area contributed by atoms with Crippen molar-refractivity contribution in [3.63, 3.8) is 0 Å². The largest absolute Gasteiger partial charge is 0.344 e. The van der Waals surface area contributed by atoms with Gasteiger partial charge in [-0.3, -0.25) is 33.2 Å². The summed E-state index contributed by atoms with van der Waals surface area (Å²) < 4.78 is 148. The van der Waals surface area contributed by atoms with Crippen molar-refractivity contribution in [2.75, 3.05) is 4.72 Å². The molecule has 3 atom stereocenters. The molecular weight excluding hydrogens is 913 g/mol. The van der Waals surface area contributed by atoms with Gasteiger partial charge < -0.3 is 5.32 Å². The Morgan fingerprint density at radius 3 is 2.33 bits per heavy atom. The fourth-order valence-corrected chi connectivity index (χ4v) is 9.82. The monoisotopic (exact) mass is 941 g/mol. The van der Waals surface area contributed by atoms with Gasteiger partial charge in [-0.05, 0) is 67.1 Å². The third-order valence-corrected chi connectivity index (χ3v) is 13.3. The molecule has 1 amide bonds. The molecular formula is C39H29Cl2F8N9O4S. The first-order valence-electron chi connectivity index (χ1n) is 19.1. The number of sulfonamides is 1. The van der Waals surface area contributed by atoms with Gasteiger partial charge in [0.15, 0.2) is 5.82 Å². The van der Waals surface area contributed by atoms with E-state index in [9.17, 15) is 44.3 Å². The van der Waals surface area contributed by atoms with Crippen LogP contribution in [0, 0.1) is 17.6 Å². The first kappa shape index (κ1) is 42.7. The average molecular weight is 943 g/mol. The summed E-state index contributed by atoms with van der Waals surface area (Å²) in [5, 5.41) is 9.35. The molecule has 63 heavy (non-hydrogen) atoms. The van der Waals surface area contributed by atoms with E-state index < -0.39 is 118 Å². The zero-order valence-corrected chi connectivity index (χ0v) is 34.2. The van der Waals surface area contributed by atoms with Crippen molar-refractivity contribution in [3.8, 4) is 17.1 Å². The van der Waals surface area contributed by atoms with Gasteiger partial charge in [0, 0.05) is 36.2 Å². The molecule has 0 unspecified atom stereocenters. The van der Waals surface area contributed by atoms with Gasteiger partial charge in [0.05, 0.1) is 49.3 Å². The Hall–Kier alpha value is -5.61. The number of amides is 1. The Bertz CT molecular complexity index is 3000. The number of carbonyl (C=O) groups excluding carboxylic acids is 1. The Balaban J connectivity index is 1.24. The van der Waals surface area contributed by atoms with Gasteiger partial charge in [-0.1, -0.05) is 23.2 Å². The molecule has 9 rings (SSSR count). The van der Waals surface area contributed by atoms with Crippen molar-refractivity contribution < 1.29 is 48.3 Å². The van der Waals surface area contributed by atoms with Crippen molar-refractivity contribution in [1.29, 1.82) is 0 Å². The van der Waals surface area contributed by atoms with Gasteiger partial charge >= 0.3 is 0 Å². The first-order valence-corrected chi connectivity index (χ1v) is 21.4. The maximum absolute atomic E-state index is 15.5. The molecule has 0 spiro atoms. The normalized spacial score (nSPS) is 18.2. The molecule has 0 saturated heterocycles. The van der Waals surface area contributed by atoms with Gasteiger partial charge in [-0.2, -0.15) is 19.0 Å². The standard InChI is InChI=1S/C39H29Cl2F8N9O4S/c40-17-1-5-24(50-13-17)25-12-30(60)58(27-6-4-23(41)32-34(27)56(14-28(44)45)54-37(32)55-63(61,62)20-2-3-20)38(52-25)26(9-16-7-18(42)10-19(43)8-16)51-29(59)15-57-35-31(33(53-57)36(46)47)21-11-22(21)39(35,48)49/h1,4-8,10,12-13,20-22,26,28,36H,2-3,9,11,14-15H2,(H,51,59)(H,54,55)/t21-,22+,26-/m0/s1. The van der Waals surface area contributed by atoms with Crippen LogP contribution in [0.25, 0.3) is 28.0 Å². The second kappa shape index (κ2) is 15.6. The maximum atomic E-state index is 15.5. The fourth-order valence-electron chi connectivity index (χ4n) is 8.13. The van der Waals surface area contributed by atoms with Crippen LogP contribution in [0.5, 0.6) is 0 Å². The van der Waals surface area contributed by atoms with Crippen LogP contribution >= 0.6 is 23.2 Å². The number of alkyl halides is 6. The van der Waals surface area contributed by atoms with Crippen LogP contribution in [0.1, 0.15) is 66.0 Å². The SMILES string of the molecule is O=C(Cn1nc(C(F)F)c2c1C(F)(F)[C@@H]1C[C@H]21)N[C@@H](Cc1cc(F)cc(F)c1)c1nc(-c2ccc(Cl)cn2)cc(=O)n1-c1ccc(Cl)c2c(NS(=O)(=O)C3CC3)nn(CC(F)F)c12. The predicted molar refractivity (Wildman–Crippen MR) is 211 cm³/mol. The van der Waals surface area contributed by atoms with Crippen molar-refractivity contribution >= 4 is 55.9 Å². The molecule has 24 heteroatoms. The molecule has 13 nitrogen and oxygen atoms in total. The van der Waals surface area contributed by atoms with Crippen LogP contribution in [0.2, 0.25) is 10.0 Å². The molecule has 0 bridgehead atoms. The van der Waals surface area contributed by atoms with Gasteiger partial charge in [0.25, 0.3) is 24.3 Å². The van der Waals surface area contributed by atoms with E-state index in [1.807, 2.05) is 0 Å². The molecule has 4 aromatic heterocycles. The van der Waals surface area contributed by atoms with E-state index in [-0.39, 0.29) is 55.6 Å². The number of nitrogens with zero attached hydrogens (tertiary/aromatic N) is 7.